The van der Waals surface area contributed by atoms with Crippen molar-refractivity contribution in [2.24, 2.45) is 5.41 Å². The molecule has 0 radical (unpaired) electrons. The second-order valence-corrected chi connectivity index (χ2v) is 4.50. The summed E-state index contributed by atoms with van der Waals surface area (Å²) in [7, 11) is 0. The van der Waals surface area contributed by atoms with Crippen molar-refractivity contribution >= 4 is 17.6 Å². The van der Waals surface area contributed by atoms with Gasteiger partial charge in [-0.1, -0.05) is 0 Å². The van der Waals surface area contributed by atoms with E-state index < -0.39 is 23.2 Å². The van der Waals surface area contributed by atoms with Crippen molar-refractivity contribution < 1.29 is 23.8 Å². The van der Waals surface area contributed by atoms with Gasteiger partial charge in [0.2, 0.25) is 0 Å². The smallest absolute Gasteiger partial charge is 0.338 e. The molecule has 0 saturated carbocycles. The van der Waals surface area contributed by atoms with E-state index in [0.29, 0.717) is 0 Å². The van der Waals surface area contributed by atoms with Crippen LogP contribution >= 0.6 is 0 Å². The van der Waals surface area contributed by atoms with Crippen LogP contribution in [0.5, 0.6) is 0 Å². The minimum Gasteiger partial charge on any atom is -0.481 e. The van der Waals surface area contributed by atoms with Gasteiger partial charge >= 0.3 is 11.9 Å². The Kier molecular flexibility index (Phi) is 3.90. The normalized spacial score (nSPS) is 11.1. The number of esters is 1. The second-order valence-electron chi connectivity index (χ2n) is 4.50. The Morgan fingerprint density at radius 1 is 1.44 bits per heavy atom. The first kappa shape index (κ1) is 14.0. The van der Waals surface area contributed by atoms with Crippen LogP contribution < -0.4 is 5.73 Å². The fraction of sp³-hybridized carbons (Fsp3) is 0.333. The van der Waals surface area contributed by atoms with E-state index in [9.17, 15) is 14.0 Å². The van der Waals surface area contributed by atoms with Gasteiger partial charge in [-0.2, -0.15) is 0 Å². The summed E-state index contributed by atoms with van der Waals surface area (Å²) in [6.45, 7) is 2.59. The lowest BCUT2D eigenvalue weighted by atomic mass is 9.95. The number of rotatable bonds is 4. The lowest BCUT2D eigenvalue weighted by Gasteiger charge is -2.18. The lowest BCUT2D eigenvalue weighted by Crippen LogP contribution is -2.30. The highest BCUT2D eigenvalue weighted by Gasteiger charge is 2.29. The topological polar surface area (TPSA) is 89.6 Å². The summed E-state index contributed by atoms with van der Waals surface area (Å²) in [5, 5.41) is 8.84. The van der Waals surface area contributed by atoms with Gasteiger partial charge in [0.15, 0.2) is 0 Å². The molecule has 0 bridgehead atoms. The minimum absolute atomic E-state index is 0.0788. The van der Waals surface area contributed by atoms with Gasteiger partial charge in [-0.25, -0.2) is 9.18 Å². The summed E-state index contributed by atoms with van der Waals surface area (Å²) < 4.78 is 17.7. The zero-order chi connectivity index (χ0) is 13.9. The number of ether oxygens (including phenoxy) is 1. The quantitative estimate of drug-likeness (QED) is 0.631. The van der Waals surface area contributed by atoms with Crippen molar-refractivity contribution in [2.75, 3.05) is 12.3 Å². The van der Waals surface area contributed by atoms with Crippen LogP contribution in [0.4, 0.5) is 10.1 Å². The number of benzene rings is 1. The highest BCUT2D eigenvalue weighted by molar-refractivity contribution is 5.90. The Labute approximate surface area is 103 Å². The maximum Gasteiger partial charge on any atom is 0.338 e. The van der Waals surface area contributed by atoms with Crippen molar-refractivity contribution in [1.29, 1.82) is 0 Å². The van der Waals surface area contributed by atoms with Gasteiger partial charge in [0.05, 0.1) is 16.7 Å². The third-order valence-corrected chi connectivity index (χ3v) is 2.37. The predicted molar refractivity (Wildman–Crippen MR) is 62.5 cm³/mol. The van der Waals surface area contributed by atoms with Gasteiger partial charge < -0.3 is 15.6 Å². The Hall–Kier alpha value is -2.11. The highest BCUT2D eigenvalue weighted by atomic mass is 19.1. The third-order valence-electron chi connectivity index (χ3n) is 2.37. The van der Waals surface area contributed by atoms with Gasteiger partial charge in [-0.15, -0.1) is 0 Å². The summed E-state index contributed by atoms with van der Waals surface area (Å²) >= 11 is 0. The largest absolute Gasteiger partial charge is 0.481 e. The molecule has 0 fully saturated rings. The number of aliphatic carboxylic acids is 1. The molecule has 6 heteroatoms. The van der Waals surface area contributed by atoms with E-state index in [1.165, 1.54) is 19.9 Å². The fourth-order valence-electron chi connectivity index (χ4n) is 1.06. The van der Waals surface area contributed by atoms with E-state index in [-0.39, 0.29) is 17.9 Å². The van der Waals surface area contributed by atoms with Gasteiger partial charge in [-0.05, 0) is 32.0 Å². The Morgan fingerprint density at radius 3 is 2.56 bits per heavy atom. The molecule has 98 valence electrons. The van der Waals surface area contributed by atoms with Gasteiger partial charge in [-0.3, -0.25) is 4.79 Å². The minimum atomic E-state index is -1.18. The van der Waals surface area contributed by atoms with Crippen LogP contribution in [0.3, 0.4) is 0 Å². The molecule has 0 amide bonds. The summed E-state index contributed by atoms with van der Waals surface area (Å²) in [6, 6.07) is 3.42. The van der Waals surface area contributed by atoms with Gasteiger partial charge in [0, 0.05) is 0 Å². The van der Waals surface area contributed by atoms with Crippen LogP contribution in [0.2, 0.25) is 0 Å². The van der Waals surface area contributed by atoms with Crippen LogP contribution in [0.1, 0.15) is 24.2 Å². The molecule has 18 heavy (non-hydrogen) atoms. The average Bonchev–Trinajstić information content (AvgIpc) is 2.29. The number of nitrogen functional groups attached to an aromatic ring is 1. The van der Waals surface area contributed by atoms with Crippen LogP contribution in [0.15, 0.2) is 18.2 Å². The number of hydrogen-bond acceptors (Lipinski definition) is 4. The number of carboxylic acids is 1. The van der Waals surface area contributed by atoms with Crippen LogP contribution in [-0.2, 0) is 9.53 Å². The Balaban J connectivity index is 2.72. The lowest BCUT2D eigenvalue weighted by molar-refractivity contribution is -0.149. The molecule has 0 spiro atoms. The van der Waals surface area contributed by atoms with Crippen LogP contribution in [0, 0.1) is 11.2 Å². The van der Waals surface area contributed by atoms with Crippen LogP contribution in [-0.4, -0.2) is 23.7 Å². The molecule has 0 unspecified atom stereocenters. The third kappa shape index (κ3) is 3.19. The standard InChI is InChI=1S/C12H14FNO4/c1-12(2,11(16)17)6-18-10(15)7-3-4-8(13)9(14)5-7/h3-5H,6,14H2,1-2H3,(H,16,17). The molecule has 1 aromatic rings. The summed E-state index contributed by atoms with van der Waals surface area (Å²) in [6.07, 6.45) is 0. The number of carbonyl (C=O) groups excluding carboxylic acids is 1. The number of anilines is 1. The van der Waals surface area contributed by atoms with E-state index in [1.807, 2.05) is 0 Å². The van der Waals surface area contributed by atoms with Gasteiger partial charge in [0.25, 0.3) is 0 Å². The molecule has 1 aromatic carbocycles. The van der Waals surface area contributed by atoms with Crippen molar-refractivity contribution in [1.82, 2.24) is 0 Å². The van der Waals surface area contributed by atoms with Gasteiger partial charge in [0.1, 0.15) is 12.4 Å². The van der Waals surface area contributed by atoms with E-state index in [1.54, 1.807) is 0 Å². The maximum atomic E-state index is 12.9. The van der Waals surface area contributed by atoms with E-state index in [0.717, 1.165) is 12.1 Å². The molecule has 0 aliphatic rings. The number of hydrogen-bond donors (Lipinski definition) is 2. The molecule has 0 aliphatic carbocycles. The molecule has 5 nitrogen and oxygen atoms in total. The summed E-state index contributed by atoms with van der Waals surface area (Å²) in [5.41, 5.74) is 4.05. The number of carboxylic acid groups (broad SMARTS) is 1. The molecule has 0 aliphatic heterocycles. The summed E-state index contributed by atoms with van der Waals surface area (Å²) in [4.78, 5) is 22.4. The number of carbonyl (C=O) groups is 2. The van der Waals surface area contributed by atoms with E-state index in [4.69, 9.17) is 15.6 Å². The second kappa shape index (κ2) is 5.03. The fourth-order valence-corrected chi connectivity index (χ4v) is 1.06. The van der Waals surface area contributed by atoms with E-state index >= 15 is 0 Å². The first-order valence-electron chi connectivity index (χ1n) is 5.19. The first-order chi connectivity index (χ1) is 8.24. The number of nitrogens with two attached hydrogens (primary N) is 1. The predicted octanol–water partition coefficient (Wildman–Crippen LogP) is 1.68. The van der Waals surface area contributed by atoms with Crippen molar-refractivity contribution in [3.05, 3.63) is 29.6 Å². The molecule has 0 aromatic heterocycles. The van der Waals surface area contributed by atoms with Crippen molar-refractivity contribution in [3.63, 3.8) is 0 Å². The zero-order valence-electron chi connectivity index (χ0n) is 10.1. The van der Waals surface area contributed by atoms with Crippen LogP contribution in [0.25, 0.3) is 0 Å². The molecular formula is C12H14FNO4. The first-order valence-corrected chi connectivity index (χ1v) is 5.19. The molecule has 1 rings (SSSR count). The van der Waals surface area contributed by atoms with E-state index in [2.05, 4.69) is 0 Å². The van der Waals surface area contributed by atoms with Crippen molar-refractivity contribution in [2.45, 2.75) is 13.8 Å². The highest BCUT2D eigenvalue weighted by Crippen LogP contribution is 2.18. The average molecular weight is 255 g/mol. The summed E-state index contributed by atoms with van der Waals surface area (Å²) in [5.74, 6) is -2.44. The molecule has 0 heterocycles. The Morgan fingerprint density at radius 2 is 2.06 bits per heavy atom. The molecule has 0 saturated heterocycles. The SMILES string of the molecule is CC(C)(COC(=O)c1ccc(F)c(N)c1)C(=O)O. The number of halogens is 1. The monoisotopic (exact) mass is 255 g/mol. The zero-order valence-corrected chi connectivity index (χ0v) is 10.1. The molecular weight excluding hydrogens is 241 g/mol. The maximum absolute atomic E-state index is 12.9. The van der Waals surface area contributed by atoms with Crippen molar-refractivity contribution in [3.8, 4) is 0 Å². The Bertz CT molecular complexity index is 485. The molecule has 0 atom stereocenters. The molecule has 3 N–H and O–H groups in total.